The Balaban J connectivity index is 1.30. The molecule has 4 rings (SSSR count). The van der Waals surface area contributed by atoms with Crippen LogP contribution in [0.1, 0.15) is 12.0 Å². The topological polar surface area (TPSA) is 94.2 Å². The van der Waals surface area contributed by atoms with E-state index in [2.05, 4.69) is 5.32 Å². The molecule has 1 aliphatic rings. The summed E-state index contributed by atoms with van der Waals surface area (Å²) in [5.74, 6) is -0.951. The van der Waals surface area contributed by atoms with Gasteiger partial charge in [-0.15, -0.1) is 0 Å². The standard InChI is InChI=1S/C27H22ClF3N2O6/c1-37-19-7-9-21(10-8-19)39-20-5-3-18(4-6-20)33-14-16(12-25(33)35)26(36)38-15-24(34)32-23-13-17(27(29,30)31)2-11-22(23)28/h2-11,13,16H,12,14-15H2,1H3,(H,32,34)/t16-/m0/s1. The van der Waals surface area contributed by atoms with Gasteiger partial charge in [-0.05, 0) is 66.7 Å². The molecule has 1 fully saturated rings. The molecule has 1 heterocycles. The summed E-state index contributed by atoms with van der Waals surface area (Å²) in [5.41, 5.74) is -0.715. The van der Waals surface area contributed by atoms with Crippen molar-refractivity contribution in [3.05, 3.63) is 77.3 Å². The van der Waals surface area contributed by atoms with E-state index in [0.29, 0.717) is 29.0 Å². The maximum Gasteiger partial charge on any atom is 0.416 e. The van der Waals surface area contributed by atoms with Crippen molar-refractivity contribution in [3.63, 3.8) is 0 Å². The molecule has 0 spiro atoms. The first-order valence-electron chi connectivity index (χ1n) is 11.6. The summed E-state index contributed by atoms with van der Waals surface area (Å²) in [6, 6.07) is 16.2. The summed E-state index contributed by atoms with van der Waals surface area (Å²) >= 11 is 5.86. The number of carbonyl (C=O) groups is 3. The predicted molar refractivity (Wildman–Crippen MR) is 136 cm³/mol. The Hall–Kier alpha value is -4.25. The van der Waals surface area contributed by atoms with E-state index < -0.39 is 36.1 Å². The number of halogens is 4. The molecular weight excluding hydrogens is 541 g/mol. The van der Waals surface area contributed by atoms with Gasteiger partial charge in [0.1, 0.15) is 17.2 Å². The highest BCUT2D eigenvalue weighted by Gasteiger charge is 2.36. The fourth-order valence-corrected chi connectivity index (χ4v) is 3.99. The number of amides is 2. The van der Waals surface area contributed by atoms with Crippen molar-refractivity contribution in [2.75, 3.05) is 30.5 Å². The number of hydrogen-bond acceptors (Lipinski definition) is 6. The van der Waals surface area contributed by atoms with Crippen LogP contribution in [0, 0.1) is 5.92 Å². The summed E-state index contributed by atoms with van der Waals surface area (Å²) < 4.78 is 54.6. The quantitative estimate of drug-likeness (QED) is 0.354. The smallest absolute Gasteiger partial charge is 0.416 e. The molecule has 0 unspecified atom stereocenters. The number of esters is 1. The molecule has 1 atom stereocenters. The molecule has 39 heavy (non-hydrogen) atoms. The Morgan fingerprint density at radius 2 is 1.62 bits per heavy atom. The maximum absolute atomic E-state index is 12.9. The minimum atomic E-state index is -4.62. The Morgan fingerprint density at radius 3 is 2.23 bits per heavy atom. The molecule has 0 aromatic heterocycles. The Morgan fingerprint density at radius 1 is 1.00 bits per heavy atom. The van der Waals surface area contributed by atoms with E-state index in [-0.39, 0.29) is 29.6 Å². The summed E-state index contributed by atoms with van der Waals surface area (Å²) in [4.78, 5) is 38.6. The molecule has 2 amide bonds. The highest BCUT2D eigenvalue weighted by Crippen LogP contribution is 2.34. The van der Waals surface area contributed by atoms with Crippen molar-refractivity contribution in [1.82, 2.24) is 0 Å². The predicted octanol–water partition coefficient (Wildman–Crippen LogP) is 5.69. The average molecular weight is 563 g/mol. The largest absolute Gasteiger partial charge is 0.497 e. The van der Waals surface area contributed by atoms with E-state index in [4.69, 9.17) is 25.8 Å². The Bertz CT molecular complexity index is 1360. The first-order valence-corrected chi connectivity index (χ1v) is 12.0. The van der Waals surface area contributed by atoms with Crippen molar-refractivity contribution in [2.24, 2.45) is 5.92 Å². The zero-order chi connectivity index (χ0) is 28.2. The molecule has 8 nitrogen and oxygen atoms in total. The molecule has 0 radical (unpaired) electrons. The summed E-state index contributed by atoms with van der Waals surface area (Å²) in [5, 5.41) is 2.09. The lowest BCUT2D eigenvalue weighted by atomic mass is 10.1. The van der Waals surface area contributed by atoms with Crippen molar-refractivity contribution in [3.8, 4) is 17.2 Å². The number of ether oxygens (including phenoxy) is 3. The number of hydrogen-bond donors (Lipinski definition) is 1. The first kappa shape index (κ1) is 27.8. The Kier molecular flexibility index (Phi) is 8.29. The lowest BCUT2D eigenvalue weighted by Gasteiger charge is -2.17. The number of nitrogens with one attached hydrogen (secondary N) is 1. The van der Waals surface area contributed by atoms with E-state index in [1.54, 1.807) is 55.6 Å². The van der Waals surface area contributed by atoms with E-state index in [1.807, 2.05) is 0 Å². The monoisotopic (exact) mass is 562 g/mol. The second kappa shape index (κ2) is 11.6. The molecular formula is C27H22ClF3N2O6. The highest BCUT2D eigenvalue weighted by molar-refractivity contribution is 6.33. The molecule has 0 aliphatic carbocycles. The first-order chi connectivity index (χ1) is 18.5. The van der Waals surface area contributed by atoms with E-state index in [0.717, 1.165) is 12.1 Å². The van der Waals surface area contributed by atoms with Crippen molar-refractivity contribution in [1.29, 1.82) is 0 Å². The second-order valence-electron chi connectivity index (χ2n) is 8.53. The zero-order valence-corrected chi connectivity index (χ0v) is 21.2. The van der Waals surface area contributed by atoms with Crippen molar-refractivity contribution < 1.29 is 41.8 Å². The third-order valence-corrected chi connectivity index (χ3v) is 6.14. The van der Waals surface area contributed by atoms with Crippen LogP contribution in [0.4, 0.5) is 24.5 Å². The van der Waals surface area contributed by atoms with E-state index in [9.17, 15) is 27.6 Å². The van der Waals surface area contributed by atoms with Gasteiger partial charge in [-0.2, -0.15) is 13.2 Å². The van der Waals surface area contributed by atoms with Crippen LogP contribution in [0.2, 0.25) is 5.02 Å². The van der Waals surface area contributed by atoms with Gasteiger partial charge in [0, 0.05) is 18.7 Å². The van der Waals surface area contributed by atoms with Crippen LogP contribution in [-0.2, 0) is 25.3 Å². The molecule has 0 saturated carbocycles. The number of carbonyl (C=O) groups excluding carboxylic acids is 3. The van der Waals surface area contributed by atoms with Crippen LogP contribution >= 0.6 is 11.6 Å². The highest BCUT2D eigenvalue weighted by atomic mass is 35.5. The normalized spacial score (nSPS) is 15.2. The second-order valence-corrected chi connectivity index (χ2v) is 8.93. The van der Waals surface area contributed by atoms with Crippen molar-refractivity contribution in [2.45, 2.75) is 12.6 Å². The number of anilines is 2. The summed E-state index contributed by atoms with van der Waals surface area (Å²) in [6.45, 7) is -0.717. The van der Waals surface area contributed by atoms with Gasteiger partial charge in [-0.1, -0.05) is 11.6 Å². The Labute approximate surface area is 226 Å². The van der Waals surface area contributed by atoms with Gasteiger partial charge >= 0.3 is 12.1 Å². The third-order valence-electron chi connectivity index (χ3n) is 5.82. The number of alkyl halides is 3. The fourth-order valence-electron chi connectivity index (χ4n) is 3.83. The molecule has 204 valence electrons. The van der Waals surface area contributed by atoms with Crippen molar-refractivity contribution >= 4 is 40.8 Å². The fraction of sp³-hybridized carbons (Fsp3) is 0.222. The third kappa shape index (κ3) is 6.99. The van der Waals surface area contributed by atoms with Gasteiger partial charge in [0.2, 0.25) is 5.91 Å². The van der Waals surface area contributed by atoms with Crippen LogP contribution < -0.4 is 19.7 Å². The molecule has 3 aromatic carbocycles. The maximum atomic E-state index is 12.9. The van der Waals surface area contributed by atoms with Gasteiger partial charge in [0.25, 0.3) is 5.91 Å². The number of rotatable bonds is 8. The lowest BCUT2D eigenvalue weighted by Crippen LogP contribution is -2.28. The molecule has 1 saturated heterocycles. The lowest BCUT2D eigenvalue weighted by molar-refractivity contribution is -0.151. The van der Waals surface area contributed by atoms with Gasteiger partial charge < -0.3 is 24.4 Å². The van der Waals surface area contributed by atoms with E-state index in [1.165, 1.54) is 4.90 Å². The zero-order valence-electron chi connectivity index (χ0n) is 20.5. The van der Waals surface area contributed by atoms with Gasteiger partial charge in [0.05, 0.1) is 29.3 Å². The van der Waals surface area contributed by atoms with Gasteiger partial charge in [0.15, 0.2) is 6.61 Å². The number of nitrogens with zero attached hydrogens (tertiary/aromatic N) is 1. The van der Waals surface area contributed by atoms with E-state index >= 15 is 0 Å². The molecule has 1 N–H and O–H groups in total. The molecule has 3 aromatic rings. The molecule has 12 heteroatoms. The van der Waals surface area contributed by atoms with Crippen LogP contribution in [0.3, 0.4) is 0 Å². The van der Waals surface area contributed by atoms with Crippen LogP contribution in [0.25, 0.3) is 0 Å². The van der Waals surface area contributed by atoms with Crippen LogP contribution in [0.5, 0.6) is 17.2 Å². The number of benzene rings is 3. The van der Waals surface area contributed by atoms with Gasteiger partial charge in [-0.25, -0.2) is 0 Å². The average Bonchev–Trinajstić information content (AvgIpc) is 3.30. The number of methoxy groups -OCH3 is 1. The minimum Gasteiger partial charge on any atom is -0.497 e. The summed E-state index contributed by atoms with van der Waals surface area (Å²) in [6.07, 6.45) is -4.74. The van der Waals surface area contributed by atoms with Crippen LogP contribution in [-0.4, -0.2) is 38.0 Å². The summed E-state index contributed by atoms with van der Waals surface area (Å²) in [7, 11) is 1.57. The van der Waals surface area contributed by atoms with Gasteiger partial charge in [-0.3, -0.25) is 14.4 Å². The molecule has 0 bridgehead atoms. The van der Waals surface area contributed by atoms with Crippen LogP contribution in [0.15, 0.2) is 66.7 Å². The SMILES string of the molecule is COc1ccc(Oc2ccc(N3C[C@@H](C(=O)OCC(=O)Nc4cc(C(F)(F)F)ccc4Cl)CC3=O)cc2)cc1. The minimum absolute atomic E-state index is 0.0391. The molecule has 1 aliphatic heterocycles.